The van der Waals surface area contributed by atoms with Gasteiger partial charge in [-0.2, -0.15) is 0 Å². The van der Waals surface area contributed by atoms with Crippen LogP contribution in [0.4, 0.5) is 17.3 Å². The van der Waals surface area contributed by atoms with E-state index in [0.29, 0.717) is 6.04 Å². The van der Waals surface area contributed by atoms with E-state index in [1.165, 1.54) is 16.8 Å². The maximum Gasteiger partial charge on any atom is 0.135 e. The van der Waals surface area contributed by atoms with E-state index < -0.39 is 0 Å². The van der Waals surface area contributed by atoms with Crippen LogP contribution in [-0.4, -0.2) is 16.0 Å². The van der Waals surface area contributed by atoms with E-state index in [4.69, 9.17) is 0 Å². The number of hydrogen-bond donors (Lipinski definition) is 2. The molecule has 112 valence electrons. The molecule has 0 saturated carbocycles. The number of aromatic nitrogens is 2. The van der Waals surface area contributed by atoms with Crippen molar-refractivity contribution in [2.24, 2.45) is 0 Å². The summed E-state index contributed by atoms with van der Waals surface area (Å²) >= 11 is 0. The van der Waals surface area contributed by atoms with Crippen molar-refractivity contribution in [2.45, 2.75) is 46.6 Å². The standard InChI is InChI=1S/C17H24N4/c1-5-13-8-7-9-14(6-2)17(13)21-16-10-15(18-11-19-16)20-12(3)4/h7-12H,5-6H2,1-4H3,(H2,18,19,20,21). The quantitative estimate of drug-likeness (QED) is 0.836. The first-order valence-electron chi connectivity index (χ1n) is 7.60. The third-order valence-corrected chi connectivity index (χ3v) is 3.36. The molecule has 2 N–H and O–H groups in total. The molecule has 0 unspecified atom stereocenters. The van der Waals surface area contributed by atoms with Crippen molar-refractivity contribution < 1.29 is 0 Å². The first-order chi connectivity index (χ1) is 10.1. The van der Waals surface area contributed by atoms with Crippen molar-refractivity contribution in [3.05, 3.63) is 41.7 Å². The molecule has 0 aliphatic carbocycles. The van der Waals surface area contributed by atoms with Crippen molar-refractivity contribution in [1.82, 2.24) is 9.97 Å². The van der Waals surface area contributed by atoms with Crippen LogP contribution in [-0.2, 0) is 12.8 Å². The van der Waals surface area contributed by atoms with Crippen LogP contribution >= 0.6 is 0 Å². The van der Waals surface area contributed by atoms with E-state index in [2.05, 4.69) is 66.5 Å². The number of rotatable bonds is 6. The maximum absolute atomic E-state index is 4.33. The second-order valence-electron chi connectivity index (χ2n) is 5.37. The van der Waals surface area contributed by atoms with Gasteiger partial charge in [0.25, 0.3) is 0 Å². The molecule has 0 fully saturated rings. The molecule has 2 rings (SSSR count). The summed E-state index contributed by atoms with van der Waals surface area (Å²) in [7, 11) is 0. The van der Waals surface area contributed by atoms with E-state index in [-0.39, 0.29) is 0 Å². The second kappa shape index (κ2) is 7.07. The second-order valence-corrected chi connectivity index (χ2v) is 5.37. The highest BCUT2D eigenvalue weighted by Crippen LogP contribution is 2.26. The lowest BCUT2D eigenvalue weighted by Gasteiger charge is -2.15. The van der Waals surface area contributed by atoms with Gasteiger partial charge in [-0.25, -0.2) is 9.97 Å². The zero-order valence-corrected chi connectivity index (χ0v) is 13.3. The third kappa shape index (κ3) is 3.94. The normalized spacial score (nSPS) is 10.7. The molecule has 0 bridgehead atoms. The average molecular weight is 284 g/mol. The molecule has 0 aliphatic rings. The van der Waals surface area contributed by atoms with Crippen molar-refractivity contribution in [1.29, 1.82) is 0 Å². The average Bonchev–Trinajstić information content (AvgIpc) is 2.47. The topological polar surface area (TPSA) is 49.8 Å². The molecular formula is C17H24N4. The van der Waals surface area contributed by atoms with Crippen molar-refractivity contribution in [2.75, 3.05) is 10.6 Å². The highest BCUT2D eigenvalue weighted by atomic mass is 15.1. The van der Waals surface area contributed by atoms with Gasteiger partial charge in [-0.1, -0.05) is 32.0 Å². The maximum atomic E-state index is 4.33. The highest BCUT2D eigenvalue weighted by Gasteiger charge is 2.08. The van der Waals surface area contributed by atoms with E-state index >= 15 is 0 Å². The number of nitrogens with one attached hydrogen (secondary N) is 2. The van der Waals surface area contributed by atoms with Crippen LogP contribution < -0.4 is 10.6 Å². The Morgan fingerprint density at radius 2 is 1.62 bits per heavy atom. The van der Waals surface area contributed by atoms with Gasteiger partial charge in [-0.15, -0.1) is 0 Å². The minimum Gasteiger partial charge on any atom is -0.368 e. The molecule has 0 aliphatic heterocycles. The van der Waals surface area contributed by atoms with Gasteiger partial charge in [0, 0.05) is 17.8 Å². The summed E-state index contributed by atoms with van der Waals surface area (Å²) in [5.74, 6) is 1.67. The smallest absolute Gasteiger partial charge is 0.135 e. The van der Waals surface area contributed by atoms with E-state index in [9.17, 15) is 0 Å². The summed E-state index contributed by atoms with van der Waals surface area (Å²) in [5, 5.41) is 6.76. The fraction of sp³-hybridized carbons (Fsp3) is 0.412. The van der Waals surface area contributed by atoms with Gasteiger partial charge in [0.15, 0.2) is 0 Å². The van der Waals surface area contributed by atoms with Gasteiger partial charge in [-0.3, -0.25) is 0 Å². The fourth-order valence-corrected chi connectivity index (χ4v) is 2.33. The van der Waals surface area contributed by atoms with E-state index in [1.807, 2.05) is 6.07 Å². The number of benzene rings is 1. The van der Waals surface area contributed by atoms with Crippen LogP contribution in [0.15, 0.2) is 30.6 Å². The highest BCUT2D eigenvalue weighted by molar-refractivity contribution is 5.66. The Kier molecular flexibility index (Phi) is 5.14. The Morgan fingerprint density at radius 3 is 2.19 bits per heavy atom. The van der Waals surface area contributed by atoms with Crippen LogP contribution in [0.1, 0.15) is 38.8 Å². The number of nitrogens with zero attached hydrogens (tertiary/aromatic N) is 2. The predicted molar refractivity (Wildman–Crippen MR) is 89.3 cm³/mol. The molecule has 21 heavy (non-hydrogen) atoms. The summed E-state index contributed by atoms with van der Waals surface area (Å²) in [6.07, 6.45) is 3.59. The Labute approximate surface area is 127 Å². The number of para-hydroxylation sites is 1. The van der Waals surface area contributed by atoms with Gasteiger partial charge >= 0.3 is 0 Å². The lowest BCUT2D eigenvalue weighted by Crippen LogP contribution is -2.11. The van der Waals surface area contributed by atoms with Crippen LogP contribution in [0.25, 0.3) is 0 Å². The van der Waals surface area contributed by atoms with Crippen LogP contribution in [0, 0.1) is 0 Å². The van der Waals surface area contributed by atoms with E-state index in [0.717, 1.165) is 24.5 Å². The predicted octanol–water partition coefficient (Wildman–Crippen LogP) is 4.17. The van der Waals surface area contributed by atoms with Crippen molar-refractivity contribution >= 4 is 17.3 Å². The Bertz CT molecular complexity index is 571. The summed E-state index contributed by atoms with van der Waals surface area (Å²) < 4.78 is 0. The molecular weight excluding hydrogens is 260 g/mol. The van der Waals surface area contributed by atoms with Gasteiger partial charge in [0.05, 0.1) is 0 Å². The lowest BCUT2D eigenvalue weighted by molar-refractivity contribution is 0.886. The number of aryl methyl sites for hydroxylation is 2. The Balaban J connectivity index is 2.29. The zero-order valence-electron chi connectivity index (χ0n) is 13.3. The van der Waals surface area contributed by atoms with Crippen LogP contribution in [0.2, 0.25) is 0 Å². The Hall–Kier alpha value is -2.10. The molecule has 0 spiro atoms. The van der Waals surface area contributed by atoms with Crippen molar-refractivity contribution in [3.63, 3.8) is 0 Å². The van der Waals surface area contributed by atoms with Crippen molar-refractivity contribution in [3.8, 4) is 0 Å². The largest absolute Gasteiger partial charge is 0.368 e. The molecule has 1 aromatic carbocycles. The summed E-state index contributed by atoms with van der Waals surface area (Å²) in [6.45, 7) is 8.53. The fourth-order valence-electron chi connectivity index (χ4n) is 2.33. The van der Waals surface area contributed by atoms with Gasteiger partial charge < -0.3 is 10.6 Å². The van der Waals surface area contributed by atoms with E-state index in [1.54, 1.807) is 6.33 Å². The zero-order chi connectivity index (χ0) is 15.2. The number of hydrogen-bond acceptors (Lipinski definition) is 4. The van der Waals surface area contributed by atoms with Crippen LogP contribution in [0.3, 0.4) is 0 Å². The Morgan fingerprint density at radius 1 is 1.00 bits per heavy atom. The molecule has 0 atom stereocenters. The molecule has 4 heteroatoms. The molecule has 1 heterocycles. The number of anilines is 3. The minimum atomic E-state index is 0.349. The molecule has 2 aromatic rings. The first-order valence-corrected chi connectivity index (χ1v) is 7.60. The monoisotopic (exact) mass is 284 g/mol. The third-order valence-electron chi connectivity index (χ3n) is 3.36. The molecule has 4 nitrogen and oxygen atoms in total. The lowest BCUT2D eigenvalue weighted by atomic mass is 10.0. The minimum absolute atomic E-state index is 0.349. The molecule has 1 aromatic heterocycles. The SMILES string of the molecule is CCc1cccc(CC)c1Nc1cc(NC(C)C)ncn1. The summed E-state index contributed by atoms with van der Waals surface area (Å²) in [4.78, 5) is 8.57. The summed E-state index contributed by atoms with van der Waals surface area (Å²) in [5.41, 5.74) is 3.80. The van der Waals surface area contributed by atoms with Gasteiger partial charge in [0.2, 0.25) is 0 Å². The molecule has 0 amide bonds. The summed E-state index contributed by atoms with van der Waals surface area (Å²) in [6, 6.07) is 8.74. The first kappa shape index (κ1) is 15.3. The molecule has 0 radical (unpaired) electrons. The van der Waals surface area contributed by atoms with Crippen LogP contribution in [0.5, 0.6) is 0 Å². The van der Waals surface area contributed by atoms with Gasteiger partial charge in [-0.05, 0) is 37.8 Å². The van der Waals surface area contributed by atoms with Gasteiger partial charge in [0.1, 0.15) is 18.0 Å². The molecule has 0 saturated heterocycles.